The molecule has 0 fully saturated rings. The zero-order valence-corrected chi connectivity index (χ0v) is 7.23. The molecule has 1 heterocycles. The fourth-order valence-electron chi connectivity index (χ4n) is 0.839. The number of anilines is 1. The average molecular weight is 178 g/mol. The second-order valence-corrected chi connectivity index (χ2v) is 2.58. The van der Waals surface area contributed by atoms with Gasteiger partial charge in [0.15, 0.2) is 5.78 Å². The fraction of sp³-hybridized carbons (Fsp3) is 0.222. The van der Waals surface area contributed by atoms with Gasteiger partial charge in [-0.3, -0.25) is 4.79 Å². The quantitative estimate of drug-likeness (QED) is 0.543. The summed E-state index contributed by atoms with van der Waals surface area (Å²) in [7, 11) is 0. The van der Waals surface area contributed by atoms with Crippen molar-refractivity contribution in [2.75, 3.05) is 5.32 Å². The summed E-state index contributed by atoms with van der Waals surface area (Å²) in [5, 5.41) is 2.70. The van der Waals surface area contributed by atoms with Crippen LogP contribution in [0.1, 0.15) is 6.92 Å². The van der Waals surface area contributed by atoms with Crippen LogP contribution in [0.4, 0.5) is 5.82 Å². The molecule has 1 rings (SSSR count). The van der Waals surface area contributed by atoms with Gasteiger partial charge < -0.3 is 10.1 Å². The maximum atomic E-state index is 10.9. The second kappa shape index (κ2) is 4.35. The van der Waals surface area contributed by atoms with Crippen molar-refractivity contribution in [3.8, 4) is 0 Å². The Balaban J connectivity index is 2.67. The maximum absolute atomic E-state index is 10.9. The van der Waals surface area contributed by atoms with E-state index in [0.29, 0.717) is 12.1 Å². The van der Waals surface area contributed by atoms with E-state index in [1.807, 2.05) is 0 Å². The lowest BCUT2D eigenvalue weighted by molar-refractivity contribution is -0.121. The van der Waals surface area contributed by atoms with Gasteiger partial charge in [-0.15, -0.1) is 0 Å². The van der Waals surface area contributed by atoms with E-state index >= 15 is 0 Å². The predicted octanol–water partition coefficient (Wildman–Crippen LogP) is 0.650. The van der Waals surface area contributed by atoms with Gasteiger partial charge in [-0.2, -0.15) is 0 Å². The first kappa shape index (κ1) is 9.38. The van der Waals surface area contributed by atoms with Gasteiger partial charge in [0.2, 0.25) is 0 Å². The molecule has 0 spiro atoms. The number of Topliss-reactive ketones (excluding diaryl/α,β-unsaturated/α-hetero) is 1. The Morgan fingerprint density at radius 1 is 1.62 bits per heavy atom. The van der Waals surface area contributed by atoms with Crippen LogP contribution in [0.15, 0.2) is 24.4 Å². The first-order valence-corrected chi connectivity index (χ1v) is 3.87. The number of ketones is 1. The maximum Gasteiger partial charge on any atom is 0.159 e. The summed E-state index contributed by atoms with van der Waals surface area (Å²) in [5.74, 6) is 0.301. The van der Waals surface area contributed by atoms with E-state index in [4.69, 9.17) is 0 Å². The Labute approximate surface area is 76.0 Å². The Bertz CT molecular complexity index is 298. The van der Waals surface area contributed by atoms with Gasteiger partial charge in [0.1, 0.15) is 18.1 Å². The van der Waals surface area contributed by atoms with Crippen LogP contribution in [0.5, 0.6) is 0 Å². The van der Waals surface area contributed by atoms with Gasteiger partial charge in [0.05, 0.1) is 0 Å². The van der Waals surface area contributed by atoms with Crippen LogP contribution in [0.2, 0.25) is 0 Å². The fourth-order valence-corrected chi connectivity index (χ4v) is 0.839. The monoisotopic (exact) mass is 178 g/mol. The number of hydrogen-bond acceptors (Lipinski definition) is 4. The van der Waals surface area contributed by atoms with Crippen LogP contribution >= 0.6 is 0 Å². The Morgan fingerprint density at radius 2 is 2.38 bits per heavy atom. The number of nitrogens with zero attached hydrogens (tertiary/aromatic N) is 1. The number of aldehydes is 1. The zero-order chi connectivity index (χ0) is 9.68. The van der Waals surface area contributed by atoms with Crippen LogP contribution in [-0.2, 0) is 9.59 Å². The standard InChI is InChI=1S/C9H10N2O2/c1-7(13)8(6-12)11-9-4-2-3-5-10-9/h2-6,8H,1H3,(H,10,11). The van der Waals surface area contributed by atoms with E-state index in [0.717, 1.165) is 0 Å². The molecule has 1 unspecified atom stereocenters. The highest BCUT2D eigenvalue weighted by Crippen LogP contribution is 2.01. The topological polar surface area (TPSA) is 59.1 Å². The molecule has 0 saturated carbocycles. The van der Waals surface area contributed by atoms with Crippen molar-refractivity contribution in [2.45, 2.75) is 13.0 Å². The van der Waals surface area contributed by atoms with E-state index in [9.17, 15) is 9.59 Å². The molecule has 0 aromatic carbocycles. The largest absolute Gasteiger partial charge is 0.354 e. The van der Waals surface area contributed by atoms with Crippen LogP contribution in [0.3, 0.4) is 0 Å². The summed E-state index contributed by atoms with van der Waals surface area (Å²) < 4.78 is 0. The Hall–Kier alpha value is -1.71. The van der Waals surface area contributed by atoms with Gasteiger partial charge >= 0.3 is 0 Å². The molecule has 0 amide bonds. The lowest BCUT2D eigenvalue weighted by Crippen LogP contribution is -2.29. The van der Waals surface area contributed by atoms with Crippen LogP contribution in [0.25, 0.3) is 0 Å². The van der Waals surface area contributed by atoms with Crippen molar-refractivity contribution in [1.29, 1.82) is 0 Å². The van der Waals surface area contributed by atoms with Crippen molar-refractivity contribution in [3.05, 3.63) is 24.4 Å². The number of pyridine rings is 1. The van der Waals surface area contributed by atoms with Crippen LogP contribution in [-0.4, -0.2) is 23.1 Å². The van der Waals surface area contributed by atoms with Gasteiger partial charge in [0, 0.05) is 6.20 Å². The highest BCUT2D eigenvalue weighted by Gasteiger charge is 2.11. The first-order valence-electron chi connectivity index (χ1n) is 3.87. The molecule has 1 aromatic rings. The van der Waals surface area contributed by atoms with Crippen molar-refractivity contribution < 1.29 is 9.59 Å². The summed E-state index contributed by atoms with van der Waals surface area (Å²) in [6.07, 6.45) is 2.15. The summed E-state index contributed by atoms with van der Waals surface area (Å²) >= 11 is 0. The molecular formula is C9H10N2O2. The zero-order valence-electron chi connectivity index (χ0n) is 7.23. The molecule has 0 aliphatic rings. The minimum absolute atomic E-state index is 0.222. The summed E-state index contributed by atoms with van der Waals surface area (Å²) in [4.78, 5) is 25.2. The van der Waals surface area contributed by atoms with Crippen molar-refractivity contribution >= 4 is 17.9 Å². The van der Waals surface area contributed by atoms with E-state index in [1.165, 1.54) is 6.92 Å². The second-order valence-electron chi connectivity index (χ2n) is 2.58. The number of rotatable bonds is 4. The van der Waals surface area contributed by atoms with E-state index in [2.05, 4.69) is 10.3 Å². The molecule has 0 bridgehead atoms. The van der Waals surface area contributed by atoms with Crippen molar-refractivity contribution in [2.24, 2.45) is 0 Å². The molecule has 68 valence electrons. The van der Waals surface area contributed by atoms with Gasteiger partial charge in [0.25, 0.3) is 0 Å². The van der Waals surface area contributed by atoms with Crippen LogP contribution in [0, 0.1) is 0 Å². The third-order valence-corrected chi connectivity index (χ3v) is 1.54. The third kappa shape index (κ3) is 2.66. The minimum Gasteiger partial charge on any atom is -0.354 e. The Kier molecular flexibility index (Phi) is 3.14. The molecule has 4 heteroatoms. The highest BCUT2D eigenvalue weighted by atomic mass is 16.1. The van der Waals surface area contributed by atoms with E-state index < -0.39 is 6.04 Å². The molecule has 0 aliphatic heterocycles. The van der Waals surface area contributed by atoms with Gasteiger partial charge in [-0.05, 0) is 19.1 Å². The lowest BCUT2D eigenvalue weighted by atomic mass is 10.2. The number of hydrogen-bond donors (Lipinski definition) is 1. The minimum atomic E-state index is -0.796. The normalized spacial score (nSPS) is 11.8. The smallest absolute Gasteiger partial charge is 0.159 e. The van der Waals surface area contributed by atoms with Crippen LogP contribution < -0.4 is 5.32 Å². The summed E-state index contributed by atoms with van der Waals surface area (Å²) in [5.41, 5.74) is 0. The predicted molar refractivity (Wildman–Crippen MR) is 48.4 cm³/mol. The molecule has 1 N–H and O–H groups in total. The lowest BCUT2D eigenvalue weighted by Gasteiger charge is -2.08. The average Bonchev–Trinajstić information content (AvgIpc) is 2.15. The van der Waals surface area contributed by atoms with Gasteiger partial charge in [-0.1, -0.05) is 6.07 Å². The van der Waals surface area contributed by atoms with E-state index in [-0.39, 0.29) is 5.78 Å². The number of carbonyl (C=O) groups excluding carboxylic acids is 2. The molecule has 13 heavy (non-hydrogen) atoms. The molecule has 1 atom stereocenters. The number of nitrogens with one attached hydrogen (secondary N) is 1. The molecule has 0 saturated heterocycles. The van der Waals surface area contributed by atoms with Crippen molar-refractivity contribution in [3.63, 3.8) is 0 Å². The number of aromatic nitrogens is 1. The third-order valence-electron chi connectivity index (χ3n) is 1.54. The summed E-state index contributed by atoms with van der Waals surface area (Å²) in [6, 6.07) is 4.43. The first-order chi connectivity index (χ1) is 6.24. The molecule has 0 aliphatic carbocycles. The van der Waals surface area contributed by atoms with Gasteiger partial charge in [-0.25, -0.2) is 4.98 Å². The summed E-state index contributed by atoms with van der Waals surface area (Å²) in [6.45, 7) is 1.36. The molecule has 0 radical (unpaired) electrons. The highest BCUT2D eigenvalue weighted by molar-refractivity contribution is 5.98. The van der Waals surface area contributed by atoms with E-state index in [1.54, 1.807) is 24.4 Å². The molecule has 1 aromatic heterocycles. The SMILES string of the molecule is CC(=O)C(C=O)Nc1ccccn1. The Morgan fingerprint density at radius 3 is 2.85 bits per heavy atom. The van der Waals surface area contributed by atoms with Crippen molar-refractivity contribution in [1.82, 2.24) is 4.98 Å². The molecular weight excluding hydrogens is 168 g/mol. The molecule has 4 nitrogen and oxygen atoms in total. The number of carbonyl (C=O) groups is 2.